The molecule has 7 nitrogen and oxygen atoms in total. The predicted octanol–water partition coefficient (Wildman–Crippen LogP) is 3.66. The first kappa shape index (κ1) is 19.5. The number of nitrogens with two attached hydrogens (primary N) is 1. The maximum atomic E-state index is 6.25. The maximum Gasteiger partial charge on any atom is 0.229 e. The third-order valence-corrected chi connectivity index (χ3v) is 5.86. The van der Waals surface area contributed by atoms with E-state index in [2.05, 4.69) is 68.0 Å². The van der Waals surface area contributed by atoms with Crippen molar-refractivity contribution in [2.24, 2.45) is 0 Å². The number of hydrogen-bond donors (Lipinski definition) is 4. The smallest absolute Gasteiger partial charge is 0.229 e. The molecule has 7 heteroatoms. The van der Waals surface area contributed by atoms with Crippen molar-refractivity contribution >= 4 is 28.4 Å². The molecule has 0 radical (unpaired) electrons. The highest BCUT2D eigenvalue weighted by Gasteiger charge is 2.14. The summed E-state index contributed by atoms with van der Waals surface area (Å²) in [5, 5.41) is 7.83. The Balaban J connectivity index is 1.39. The number of anilines is 3. The molecule has 0 bridgehead atoms. The van der Waals surface area contributed by atoms with Crippen molar-refractivity contribution in [3.05, 3.63) is 65.9 Å². The van der Waals surface area contributed by atoms with E-state index in [1.165, 1.54) is 5.56 Å². The monoisotopic (exact) mass is 413 g/mol. The fourth-order valence-corrected chi connectivity index (χ4v) is 4.09. The molecule has 1 aliphatic rings. The minimum atomic E-state index is 0.482. The fourth-order valence-electron chi connectivity index (χ4n) is 4.09. The lowest BCUT2D eigenvalue weighted by molar-refractivity contribution is 0.233. The molecule has 0 saturated carbocycles. The molecule has 0 aliphatic carbocycles. The highest BCUT2D eigenvalue weighted by molar-refractivity contribution is 5.95. The zero-order chi connectivity index (χ0) is 21.2. The van der Waals surface area contributed by atoms with Gasteiger partial charge in [0.1, 0.15) is 5.82 Å². The summed E-state index contributed by atoms with van der Waals surface area (Å²) in [5.41, 5.74) is 12.3. The lowest BCUT2D eigenvalue weighted by Crippen LogP contribution is -2.42. The molecule has 158 valence electrons. The zero-order valence-electron chi connectivity index (χ0n) is 17.7. The van der Waals surface area contributed by atoms with Crippen LogP contribution in [0.5, 0.6) is 0 Å². The van der Waals surface area contributed by atoms with Crippen molar-refractivity contribution in [1.82, 2.24) is 25.2 Å². The molecule has 2 aromatic heterocycles. The second-order valence-electron chi connectivity index (χ2n) is 8.00. The molecule has 1 fully saturated rings. The lowest BCUT2D eigenvalue weighted by atomic mass is 10.0. The summed E-state index contributed by atoms with van der Waals surface area (Å²) in [6.07, 6.45) is 1.94. The van der Waals surface area contributed by atoms with Gasteiger partial charge in [-0.15, -0.1) is 0 Å². The van der Waals surface area contributed by atoms with E-state index in [0.717, 1.165) is 66.1 Å². The highest BCUT2D eigenvalue weighted by Crippen LogP contribution is 2.32. The Kier molecular flexibility index (Phi) is 5.28. The van der Waals surface area contributed by atoms with Crippen LogP contribution in [0.15, 0.2) is 54.7 Å². The summed E-state index contributed by atoms with van der Waals surface area (Å²) in [7, 11) is 0. The Labute approximate surface area is 181 Å². The summed E-state index contributed by atoms with van der Waals surface area (Å²) in [6, 6.07) is 16.7. The van der Waals surface area contributed by atoms with Crippen LogP contribution in [0.2, 0.25) is 0 Å². The van der Waals surface area contributed by atoms with Crippen LogP contribution < -0.4 is 16.4 Å². The first-order valence-corrected chi connectivity index (χ1v) is 10.7. The number of H-pyrrole nitrogens is 1. The molecule has 0 amide bonds. The summed E-state index contributed by atoms with van der Waals surface area (Å²) in [6.45, 7) is 7.24. The van der Waals surface area contributed by atoms with Gasteiger partial charge in [-0.05, 0) is 36.8 Å². The van der Waals surface area contributed by atoms with E-state index < -0.39 is 0 Å². The van der Waals surface area contributed by atoms with E-state index in [-0.39, 0.29) is 0 Å². The van der Waals surface area contributed by atoms with Gasteiger partial charge < -0.3 is 21.4 Å². The number of rotatable bonds is 5. The molecule has 1 saturated heterocycles. The topological polar surface area (TPSA) is 94.9 Å². The number of nitrogens with zero attached hydrogens (tertiary/aromatic N) is 3. The van der Waals surface area contributed by atoms with Gasteiger partial charge >= 0.3 is 0 Å². The van der Waals surface area contributed by atoms with Crippen LogP contribution in [-0.2, 0) is 6.54 Å². The van der Waals surface area contributed by atoms with Gasteiger partial charge in [-0.25, -0.2) is 4.98 Å². The number of benzene rings is 2. The SMILES string of the molecule is Cc1c(N)nc(Nc2ccc(CN3CCNCC3)cc2)nc1-c1cccc2[nH]ccc12. The standard InChI is InChI=1S/C24H27N7/c1-16-22(20-3-2-4-21-19(20)9-10-27-21)29-24(30-23(16)25)28-18-7-5-17(6-8-18)15-31-13-11-26-12-14-31/h2-10,26-27H,11-15H2,1H3,(H3,25,28,29,30). The van der Waals surface area contributed by atoms with Crippen LogP contribution in [0.1, 0.15) is 11.1 Å². The van der Waals surface area contributed by atoms with Gasteiger partial charge in [0.25, 0.3) is 0 Å². The summed E-state index contributed by atoms with van der Waals surface area (Å²) >= 11 is 0. The number of nitrogens with one attached hydrogen (secondary N) is 3. The minimum Gasteiger partial charge on any atom is -0.383 e. The van der Waals surface area contributed by atoms with E-state index in [4.69, 9.17) is 10.7 Å². The molecular formula is C24H27N7. The van der Waals surface area contributed by atoms with Crippen LogP contribution in [-0.4, -0.2) is 46.0 Å². The average molecular weight is 414 g/mol. The van der Waals surface area contributed by atoms with Gasteiger partial charge in [-0.1, -0.05) is 24.3 Å². The van der Waals surface area contributed by atoms with Gasteiger partial charge in [-0.3, -0.25) is 4.90 Å². The number of piperazine rings is 1. The largest absolute Gasteiger partial charge is 0.383 e. The molecule has 4 aromatic rings. The first-order chi connectivity index (χ1) is 15.2. The summed E-state index contributed by atoms with van der Waals surface area (Å²) in [4.78, 5) is 15.0. The molecule has 0 unspecified atom stereocenters. The van der Waals surface area contributed by atoms with Crippen molar-refractivity contribution in [3.63, 3.8) is 0 Å². The molecule has 5 N–H and O–H groups in total. The highest BCUT2D eigenvalue weighted by atomic mass is 15.2. The summed E-state index contributed by atoms with van der Waals surface area (Å²) in [5.74, 6) is 0.982. The van der Waals surface area contributed by atoms with Gasteiger partial charge in [0, 0.05) is 66.6 Å². The quantitative estimate of drug-likeness (QED) is 0.399. The molecule has 2 aromatic carbocycles. The molecule has 5 rings (SSSR count). The predicted molar refractivity (Wildman–Crippen MR) is 126 cm³/mol. The Morgan fingerprint density at radius 3 is 2.65 bits per heavy atom. The molecule has 0 spiro atoms. The fraction of sp³-hybridized carbons (Fsp3) is 0.250. The van der Waals surface area contributed by atoms with E-state index in [1.54, 1.807) is 0 Å². The van der Waals surface area contributed by atoms with Gasteiger partial charge in [0.15, 0.2) is 0 Å². The van der Waals surface area contributed by atoms with Crippen LogP contribution in [0.3, 0.4) is 0 Å². The second kappa shape index (κ2) is 8.37. The minimum absolute atomic E-state index is 0.482. The van der Waals surface area contributed by atoms with Gasteiger partial charge in [0.2, 0.25) is 5.95 Å². The second-order valence-corrected chi connectivity index (χ2v) is 8.00. The normalized spacial score (nSPS) is 14.7. The van der Waals surface area contributed by atoms with Crippen molar-refractivity contribution in [3.8, 4) is 11.3 Å². The maximum absolute atomic E-state index is 6.25. The van der Waals surface area contributed by atoms with E-state index in [0.29, 0.717) is 11.8 Å². The Bertz CT molecular complexity index is 1190. The van der Waals surface area contributed by atoms with Crippen LogP contribution >= 0.6 is 0 Å². The number of aromatic nitrogens is 3. The zero-order valence-corrected chi connectivity index (χ0v) is 17.7. The summed E-state index contributed by atoms with van der Waals surface area (Å²) < 4.78 is 0. The number of fused-ring (bicyclic) bond motifs is 1. The number of aromatic amines is 1. The Morgan fingerprint density at radius 1 is 1.03 bits per heavy atom. The van der Waals surface area contributed by atoms with Crippen molar-refractivity contribution < 1.29 is 0 Å². The van der Waals surface area contributed by atoms with E-state index >= 15 is 0 Å². The first-order valence-electron chi connectivity index (χ1n) is 10.7. The van der Waals surface area contributed by atoms with Crippen LogP contribution in [0, 0.1) is 6.92 Å². The molecule has 31 heavy (non-hydrogen) atoms. The van der Waals surface area contributed by atoms with Gasteiger partial charge in [-0.2, -0.15) is 4.98 Å². The Hall–Kier alpha value is -3.42. The molecule has 1 aliphatic heterocycles. The van der Waals surface area contributed by atoms with Crippen molar-refractivity contribution in [2.45, 2.75) is 13.5 Å². The molecule has 3 heterocycles. The molecular weight excluding hydrogens is 386 g/mol. The third kappa shape index (κ3) is 4.10. The molecule has 0 atom stereocenters. The number of nitrogen functional groups attached to an aromatic ring is 1. The number of hydrogen-bond acceptors (Lipinski definition) is 6. The van der Waals surface area contributed by atoms with Crippen LogP contribution in [0.4, 0.5) is 17.5 Å². The third-order valence-electron chi connectivity index (χ3n) is 5.86. The van der Waals surface area contributed by atoms with Crippen molar-refractivity contribution in [1.29, 1.82) is 0 Å². The van der Waals surface area contributed by atoms with Gasteiger partial charge in [0.05, 0.1) is 5.69 Å². The lowest BCUT2D eigenvalue weighted by Gasteiger charge is -2.27. The van der Waals surface area contributed by atoms with E-state index in [9.17, 15) is 0 Å². The van der Waals surface area contributed by atoms with E-state index in [1.807, 2.05) is 19.2 Å². The average Bonchev–Trinajstić information content (AvgIpc) is 3.27. The Morgan fingerprint density at radius 2 is 1.84 bits per heavy atom. The van der Waals surface area contributed by atoms with Crippen molar-refractivity contribution in [2.75, 3.05) is 37.2 Å². The van der Waals surface area contributed by atoms with Crippen LogP contribution in [0.25, 0.3) is 22.2 Å².